The van der Waals surface area contributed by atoms with E-state index in [1.54, 1.807) is 12.2 Å². The fourth-order valence-electron chi connectivity index (χ4n) is 2.01. The van der Waals surface area contributed by atoms with Crippen molar-refractivity contribution in [3.63, 3.8) is 0 Å². The summed E-state index contributed by atoms with van der Waals surface area (Å²) in [6.45, 7) is 6.75. The van der Waals surface area contributed by atoms with Crippen molar-refractivity contribution in [1.82, 2.24) is 0 Å². The molecule has 1 rings (SSSR count). The number of carbonyl (C=O) groups excluding carboxylic acids is 1. The van der Waals surface area contributed by atoms with Crippen LogP contribution in [0.15, 0.2) is 24.3 Å². The minimum absolute atomic E-state index is 0.112. The van der Waals surface area contributed by atoms with Crippen LogP contribution >= 0.6 is 0 Å². The summed E-state index contributed by atoms with van der Waals surface area (Å²) in [6, 6.07) is 4.05. The fraction of sp³-hybridized carbons (Fsp3) is 0.562. The maximum Gasteiger partial charge on any atom is 0.416 e. The number of nitrogens with one attached hydrogen (secondary N) is 1. The van der Waals surface area contributed by atoms with E-state index >= 15 is 0 Å². The van der Waals surface area contributed by atoms with Gasteiger partial charge in [-0.25, -0.2) is 0 Å². The summed E-state index contributed by atoms with van der Waals surface area (Å²) >= 11 is 0. The summed E-state index contributed by atoms with van der Waals surface area (Å²) in [5, 5.41) is 4.21. The van der Waals surface area contributed by atoms with Crippen LogP contribution in [0.2, 0.25) is 0 Å². The van der Waals surface area contributed by atoms with E-state index in [-0.39, 0.29) is 11.6 Å². The Hall–Kier alpha value is -1.64. The Balaban J connectivity index is 2.58. The van der Waals surface area contributed by atoms with Crippen molar-refractivity contribution < 1.29 is 32.8 Å². The third-order valence-corrected chi connectivity index (χ3v) is 3.26. The van der Waals surface area contributed by atoms with E-state index in [9.17, 15) is 18.0 Å². The highest BCUT2D eigenvalue weighted by Gasteiger charge is 2.30. The predicted molar refractivity (Wildman–Crippen MR) is 83.4 cm³/mol. The molecule has 24 heavy (non-hydrogen) atoms. The van der Waals surface area contributed by atoms with Gasteiger partial charge in [-0.1, -0.05) is 6.07 Å². The van der Waals surface area contributed by atoms with Crippen LogP contribution in [0.25, 0.3) is 0 Å². The zero-order valence-electron chi connectivity index (χ0n) is 14.0. The molecule has 0 fully saturated rings. The van der Waals surface area contributed by atoms with Crippen molar-refractivity contribution in [2.24, 2.45) is 0 Å². The Morgan fingerprint density at radius 1 is 1.25 bits per heavy atom. The van der Waals surface area contributed by atoms with E-state index in [1.807, 2.05) is 13.8 Å². The molecule has 0 aromatic heterocycles. The first kappa shape index (κ1) is 20.4. The molecule has 0 aliphatic rings. The SMILES string of the molecule is CCOC(C[NH2+][C@@H](C)C(=O)Nc1cccc(C(F)(F)F)c1)OCC. The topological polar surface area (TPSA) is 64.2 Å². The molecule has 5 nitrogen and oxygen atoms in total. The van der Waals surface area contributed by atoms with Gasteiger partial charge in [-0.05, 0) is 39.0 Å². The molecule has 136 valence electrons. The number of hydrogen-bond donors (Lipinski definition) is 2. The highest BCUT2D eigenvalue weighted by atomic mass is 19.4. The van der Waals surface area contributed by atoms with E-state index < -0.39 is 24.1 Å². The molecule has 1 atom stereocenters. The molecule has 8 heteroatoms. The Morgan fingerprint density at radius 2 is 1.88 bits per heavy atom. The molecule has 0 saturated heterocycles. The summed E-state index contributed by atoms with van der Waals surface area (Å²) in [4.78, 5) is 12.1. The van der Waals surface area contributed by atoms with Gasteiger partial charge in [0.25, 0.3) is 5.91 Å². The number of halogens is 3. The van der Waals surface area contributed by atoms with E-state index in [2.05, 4.69) is 5.32 Å². The van der Waals surface area contributed by atoms with Gasteiger partial charge in [0, 0.05) is 18.9 Å². The number of quaternary nitrogens is 1. The molecule has 0 radical (unpaired) electrons. The van der Waals surface area contributed by atoms with Crippen LogP contribution in [0.5, 0.6) is 0 Å². The molecular weight excluding hydrogens is 325 g/mol. The van der Waals surface area contributed by atoms with Crippen LogP contribution in [-0.2, 0) is 20.4 Å². The third-order valence-electron chi connectivity index (χ3n) is 3.26. The van der Waals surface area contributed by atoms with Crippen LogP contribution in [0.3, 0.4) is 0 Å². The molecule has 0 aliphatic carbocycles. The number of rotatable bonds is 9. The van der Waals surface area contributed by atoms with Crippen molar-refractivity contribution in [2.45, 2.75) is 39.3 Å². The fourth-order valence-corrected chi connectivity index (χ4v) is 2.01. The molecule has 0 aliphatic heterocycles. The smallest absolute Gasteiger partial charge is 0.348 e. The maximum atomic E-state index is 12.7. The second-order valence-electron chi connectivity index (χ2n) is 5.17. The standard InChI is InChI=1S/C16H23F3N2O3/c1-4-23-14(24-5-2)10-20-11(3)15(22)21-13-8-6-7-12(9-13)16(17,18)19/h6-9,11,14,20H,4-5,10H2,1-3H3,(H,21,22)/p+1/t11-/m0/s1. The van der Waals surface area contributed by atoms with Gasteiger partial charge < -0.3 is 20.1 Å². The molecule has 3 N–H and O–H groups in total. The van der Waals surface area contributed by atoms with Gasteiger partial charge in [0.05, 0.1) is 5.56 Å². The van der Waals surface area contributed by atoms with Gasteiger partial charge in [-0.15, -0.1) is 0 Å². The third kappa shape index (κ3) is 6.86. The van der Waals surface area contributed by atoms with Gasteiger partial charge in [0.2, 0.25) is 6.29 Å². The Kier molecular flexibility index (Phi) is 8.17. The van der Waals surface area contributed by atoms with E-state index in [0.717, 1.165) is 12.1 Å². The minimum Gasteiger partial charge on any atom is -0.348 e. The van der Waals surface area contributed by atoms with Gasteiger partial charge in [-0.3, -0.25) is 4.79 Å². The highest BCUT2D eigenvalue weighted by Crippen LogP contribution is 2.30. The number of amides is 1. The highest BCUT2D eigenvalue weighted by molar-refractivity contribution is 5.93. The molecular formula is C16H24F3N2O3+. The number of carbonyl (C=O) groups is 1. The van der Waals surface area contributed by atoms with Crippen molar-refractivity contribution >= 4 is 11.6 Å². The minimum atomic E-state index is -4.44. The Bertz CT molecular complexity index is 518. The number of ether oxygens (including phenoxy) is 2. The molecule has 1 amide bonds. The van der Waals surface area contributed by atoms with E-state index in [4.69, 9.17) is 9.47 Å². The van der Waals surface area contributed by atoms with Gasteiger partial charge >= 0.3 is 6.18 Å². The number of hydrogen-bond acceptors (Lipinski definition) is 3. The van der Waals surface area contributed by atoms with Gasteiger partial charge in [-0.2, -0.15) is 13.2 Å². The first-order valence-corrected chi connectivity index (χ1v) is 7.82. The van der Waals surface area contributed by atoms with Crippen molar-refractivity contribution in [1.29, 1.82) is 0 Å². The lowest BCUT2D eigenvalue weighted by molar-refractivity contribution is -0.685. The van der Waals surface area contributed by atoms with Crippen molar-refractivity contribution in [3.05, 3.63) is 29.8 Å². The second kappa shape index (κ2) is 9.61. The normalized spacial score (nSPS) is 13.1. The second-order valence-corrected chi connectivity index (χ2v) is 5.17. The largest absolute Gasteiger partial charge is 0.416 e. The monoisotopic (exact) mass is 349 g/mol. The molecule has 0 saturated carbocycles. The van der Waals surface area contributed by atoms with E-state index in [1.165, 1.54) is 12.1 Å². The van der Waals surface area contributed by atoms with Crippen LogP contribution < -0.4 is 10.6 Å². The summed E-state index contributed by atoms with van der Waals surface area (Å²) < 4.78 is 48.8. The van der Waals surface area contributed by atoms with Crippen LogP contribution in [-0.4, -0.2) is 38.0 Å². The zero-order valence-corrected chi connectivity index (χ0v) is 14.0. The number of alkyl halides is 3. The number of benzene rings is 1. The van der Waals surface area contributed by atoms with Gasteiger partial charge in [0.15, 0.2) is 6.04 Å². The maximum absolute atomic E-state index is 12.7. The van der Waals surface area contributed by atoms with Crippen molar-refractivity contribution in [2.75, 3.05) is 25.1 Å². The lowest BCUT2D eigenvalue weighted by Gasteiger charge is -2.18. The summed E-state index contributed by atoms with van der Waals surface area (Å²) in [5.41, 5.74) is -0.689. The molecule has 0 spiro atoms. The molecule has 0 bridgehead atoms. The van der Waals surface area contributed by atoms with E-state index in [0.29, 0.717) is 19.8 Å². The Labute approximate surface area is 139 Å². The van der Waals surface area contributed by atoms with Crippen molar-refractivity contribution in [3.8, 4) is 0 Å². The summed E-state index contributed by atoms with van der Waals surface area (Å²) in [7, 11) is 0. The average molecular weight is 349 g/mol. The lowest BCUT2D eigenvalue weighted by Crippen LogP contribution is -2.93. The molecule has 0 unspecified atom stereocenters. The first-order chi connectivity index (χ1) is 11.3. The van der Waals surface area contributed by atoms with Gasteiger partial charge in [0.1, 0.15) is 6.54 Å². The lowest BCUT2D eigenvalue weighted by atomic mass is 10.2. The number of nitrogens with two attached hydrogens (primary N) is 1. The quantitative estimate of drug-likeness (QED) is 0.670. The van der Waals surface area contributed by atoms with Crippen LogP contribution in [0.4, 0.5) is 18.9 Å². The molecule has 1 aromatic carbocycles. The average Bonchev–Trinajstić information content (AvgIpc) is 2.52. The summed E-state index contributed by atoms with van der Waals surface area (Å²) in [6.07, 6.45) is -4.87. The Morgan fingerprint density at radius 3 is 2.42 bits per heavy atom. The van der Waals surface area contributed by atoms with Crippen LogP contribution in [0, 0.1) is 0 Å². The molecule has 1 aromatic rings. The van der Waals surface area contributed by atoms with Crippen LogP contribution in [0.1, 0.15) is 26.3 Å². The number of anilines is 1. The predicted octanol–water partition coefficient (Wildman–Crippen LogP) is 1.99. The first-order valence-electron chi connectivity index (χ1n) is 7.82. The molecule has 0 heterocycles. The zero-order chi connectivity index (χ0) is 18.2. The summed E-state index contributed by atoms with van der Waals surface area (Å²) in [5.74, 6) is -0.388.